The summed E-state index contributed by atoms with van der Waals surface area (Å²) in [5.41, 5.74) is 5.88. The quantitative estimate of drug-likeness (QED) is 0.871. The fourth-order valence-corrected chi connectivity index (χ4v) is 3.01. The van der Waals surface area contributed by atoms with Crippen molar-refractivity contribution in [2.75, 3.05) is 11.1 Å². The molecule has 2 fully saturated rings. The highest BCUT2D eigenvalue weighted by atomic mass is 15.1. The SMILES string of the molecule is CCC1CCC(Nc2cc(N)nc(C3CC3)n2)CC1. The van der Waals surface area contributed by atoms with Crippen molar-refractivity contribution in [1.29, 1.82) is 0 Å². The summed E-state index contributed by atoms with van der Waals surface area (Å²) in [5.74, 6) is 3.94. The van der Waals surface area contributed by atoms with Gasteiger partial charge in [-0.1, -0.05) is 13.3 Å². The molecule has 19 heavy (non-hydrogen) atoms. The summed E-state index contributed by atoms with van der Waals surface area (Å²) < 4.78 is 0. The van der Waals surface area contributed by atoms with Gasteiger partial charge < -0.3 is 11.1 Å². The summed E-state index contributed by atoms with van der Waals surface area (Å²) in [5, 5.41) is 3.56. The van der Waals surface area contributed by atoms with Gasteiger partial charge in [-0.15, -0.1) is 0 Å². The number of nitrogen functional groups attached to an aromatic ring is 1. The third-order valence-electron chi connectivity index (χ3n) is 4.48. The molecule has 3 N–H and O–H groups in total. The van der Waals surface area contributed by atoms with E-state index in [-0.39, 0.29) is 0 Å². The molecule has 0 amide bonds. The largest absolute Gasteiger partial charge is 0.384 e. The second-order valence-electron chi connectivity index (χ2n) is 6.08. The molecule has 1 aromatic heterocycles. The Morgan fingerprint density at radius 3 is 2.53 bits per heavy atom. The summed E-state index contributed by atoms with van der Waals surface area (Å²) in [6, 6.07) is 2.43. The highest BCUT2D eigenvalue weighted by Gasteiger charge is 2.27. The maximum Gasteiger partial charge on any atom is 0.136 e. The van der Waals surface area contributed by atoms with Crippen molar-refractivity contribution in [3.63, 3.8) is 0 Å². The van der Waals surface area contributed by atoms with Crippen molar-refractivity contribution in [3.05, 3.63) is 11.9 Å². The predicted octanol–water partition coefficient (Wildman–Crippen LogP) is 3.32. The molecule has 0 bridgehead atoms. The lowest BCUT2D eigenvalue weighted by atomic mass is 9.84. The summed E-state index contributed by atoms with van der Waals surface area (Å²) in [4.78, 5) is 8.97. The predicted molar refractivity (Wildman–Crippen MR) is 78.1 cm³/mol. The first kappa shape index (κ1) is 12.7. The third kappa shape index (κ3) is 3.17. The zero-order chi connectivity index (χ0) is 13.2. The normalized spacial score (nSPS) is 27.2. The van der Waals surface area contributed by atoms with Gasteiger partial charge in [0, 0.05) is 18.0 Å². The van der Waals surface area contributed by atoms with Crippen LogP contribution >= 0.6 is 0 Å². The van der Waals surface area contributed by atoms with Crippen LogP contribution in [0.4, 0.5) is 11.6 Å². The lowest BCUT2D eigenvalue weighted by Gasteiger charge is -2.28. The number of nitrogens with two attached hydrogens (primary N) is 1. The molecular formula is C15H24N4. The van der Waals surface area contributed by atoms with Crippen LogP contribution in [0.5, 0.6) is 0 Å². The molecule has 104 valence electrons. The van der Waals surface area contributed by atoms with E-state index in [1.54, 1.807) is 0 Å². The van der Waals surface area contributed by atoms with Crippen LogP contribution in [0.1, 0.15) is 63.6 Å². The number of hydrogen-bond acceptors (Lipinski definition) is 4. The Bertz CT molecular complexity index is 434. The third-order valence-corrected chi connectivity index (χ3v) is 4.48. The average molecular weight is 260 g/mol. The van der Waals surface area contributed by atoms with E-state index in [9.17, 15) is 0 Å². The Hall–Kier alpha value is -1.32. The van der Waals surface area contributed by atoms with Gasteiger partial charge in [-0.25, -0.2) is 9.97 Å². The number of hydrogen-bond donors (Lipinski definition) is 2. The molecule has 0 spiro atoms. The molecule has 4 heteroatoms. The first-order chi connectivity index (χ1) is 9.24. The fourth-order valence-electron chi connectivity index (χ4n) is 3.01. The monoisotopic (exact) mass is 260 g/mol. The van der Waals surface area contributed by atoms with Crippen molar-refractivity contribution in [1.82, 2.24) is 9.97 Å². The van der Waals surface area contributed by atoms with Gasteiger partial charge in [0.15, 0.2) is 0 Å². The summed E-state index contributed by atoms with van der Waals surface area (Å²) in [6.45, 7) is 2.30. The minimum Gasteiger partial charge on any atom is -0.384 e. The Balaban J connectivity index is 1.63. The van der Waals surface area contributed by atoms with E-state index in [1.807, 2.05) is 6.07 Å². The number of nitrogens with zero attached hydrogens (tertiary/aromatic N) is 2. The topological polar surface area (TPSA) is 63.8 Å². The van der Waals surface area contributed by atoms with Crippen LogP contribution in [-0.4, -0.2) is 16.0 Å². The Labute approximate surface area is 115 Å². The molecule has 0 saturated heterocycles. The lowest BCUT2D eigenvalue weighted by Crippen LogP contribution is -2.26. The minimum absolute atomic E-state index is 0.555. The molecule has 3 rings (SSSR count). The highest BCUT2D eigenvalue weighted by molar-refractivity contribution is 5.46. The average Bonchev–Trinajstić information content (AvgIpc) is 3.23. The molecule has 1 aromatic rings. The lowest BCUT2D eigenvalue weighted by molar-refractivity contribution is 0.330. The van der Waals surface area contributed by atoms with E-state index in [1.165, 1.54) is 44.9 Å². The zero-order valence-electron chi connectivity index (χ0n) is 11.7. The van der Waals surface area contributed by atoms with Gasteiger partial charge in [-0.05, 0) is 44.4 Å². The molecule has 0 radical (unpaired) electrons. The number of nitrogens with one attached hydrogen (secondary N) is 1. The van der Waals surface area contributed by atoms with Crippen LogP contribution in [-0.2, 0) is 0 Å². The smallest absolute Gasteiger partial charge is 0.136 e. The minimum atomic E-state index is 0.555. The van der Waals surface area contributed by atoms with Crippen molar-refractivity contribution in [2.24, 2.45) is 5.92 Å². The van der Waals surface area contributed by atoms with E-state index >= 15 is 0 Å². The molecule has 0 atom stereocenters. The van der Waals surface area contributed by atoms with Crippen molar-refractivity contribution < 1.29 is 0 Å². The first-order valence-corrected chi connectivity index (χ1v) is 7.65. The second-order valence-corrected chi connectivity index (χ2v) is 6.08. The molecule has 0 aromatic carbocycles. The van der Waals surface area contributed by atoms with E-state index in [4.69, 9.17) is 5.73 Å². The van der Waals surface area contributed by atoms with E-state index in [0.29, 0.717) is 17.8 Å². The van der Waals surface area contributed by atoms with E-state index in [0.717, 1.165) is 17.6 Å². The van der Waals surface area contributed by atoms with Gasteiger partial charge in [-0.2, -0.15) is 0 Å². The molecular weight excluding hydrogens is 236 g/mol. The molecule has 2 aliphatic rings. The molecule has 2 saturated carbocycles. The van der Waals surface area contributed by atoms with E-state index < -0.39 is 0 Å². The van der Waals surface area contributed by atoms with E-state index in [2.05, 4.69) is 22.2 Å². The molecule has 4 nitrogen and oxygen atoms in total. The van der Waals surface area contributed by atoms with Crippen LogP contribution in [0, 0.1) is 5.92 Å². The molecule has 2 aliphatic carbocycles. The van der Waals surface area contributed by atoms with Gasteiger partial charge in [0.2, 0.25) is 0 Å². The van der Waals surface area contributed by atoms with Crippen LogP contribution < -0.4 is 11.1 Å². The van der Waals surface area contributed by atoms with Gasteiger partial charge in [0.1, 0.15) is 17.5 Å². The highest BCUT2D eigenvalue weighted by Crippen LogP contribution is 2.38. The Kier molecular flexibility index (Phi) is 3.58. The summed E-state index contributed by atoms with van der Waals surface area (Å²) in [7, 11) is 0. The first-order valence-electron chi connectivity index (χ1n) is 7.65. The van der Waals surface area contributed by atoms with Gasteiger partial charge in [0.05, 0.1) is 0 Å². The maximum atomic E-state index is 5.88. The van der Waals surface area contributed by atoms with Gasteiger partial charge in [-0.3, -0.25) is 0 Å². The van der Waals surface area contributed by atoms with Crippen molar-refractivity contribution in [2.45, 2.75) is 63.8 Å². The maximum absolute atomic E-state index is 5.88. The Morgan fingerprint density at radius 1 is 1.16 bits per heavy atom. The second kappa shape index (κ2) is 5.35. The van der Waals surface area contributed by atoms with Crippen LogP contribution in [0.15, 0.2) is 6.07 Å². The fraction of sp³-hybridized carbons (Fsp3) is 0.733. The molecule has 0 aliphatic heterocycles. The summed E-state index contributed by atoms with van der Waals surface area (Å²) in [6.07, 6.45) is 8.92. The van der Waals surface area contributed by atoms with Crippen LogP contribution in [0.3, 0.4) is 0 Å². The van der Waals surface area contributed by atoms with Crippen LogP contribution in [0.2, 0.25) is 0 Å². The number of anilines is 2. The number of rotatable bonds is 4. The van der Waals surface area contributed by atoms with Crippen molar-refractivity contribution >= 4 is 11.6 Å². The van der Waals surface area contributed by atoms with Crippen LogP contribution in [0.25, 0.3) is 0 Å². The zero-order valence-corrected chi connectivity index (χ0v) is 11.7. The Morgan fingerprint density at radius 2 is 1.89 bits per heavy atom. The molecule has 0 unspecified atom stereocenters. The number of aromatic nitrogens is 2. The van der Waals surface area contributed by atoms with Gasteiger partial charge in [0.25, 0.3) is 0 Å². The summed E-state index contributed by atoms with van der Waals surface area (Å²) >= 11 is 0. The van der Waals surface area contributed by atoms with Gasteiger partial charge >= 0.3 is 0 Å². The molecule has 1 heterocycles. The standard InChI is InChI=1S/C15H24N4/c1-2-10-3-7-12(8-4-10)17-14-9-13(16)18-15(19-14)11-5-6-11/h9-12H,2-8H2,1H3,(H3,16,17,18,19). The van der Waals surface area contributed by atoms with Crippen molar-refractivity contribution in [3.8, 4) is 0 Å².